The monoisotopic (exact) mass is 218 g/mol. The Labute approximate surface area is 95.1 Å². The van der Waals surface area contributed by atoms with Gasteiger partial charge in [-0.2, -0.15) is 0 Å². The molecule has 3 heteroatoms. The van der Waals surface area contributed by atoms with Crippen LogP contribution in [-0.4, -0.2) is 11.5 Å². The van der Waals surface area contributed by atoms with E-state index in [0.717, 1.165) is 50.6 Å². The number of nitrogens with one attached hydrogen (secondary N) is 1. The van der Waals surface area contributed by atoms with Crippen LogP contribution in [0.25, 0.3) is 0 Å². The molecule has 3 N–H and O–H groups in total. The van der Waals surface area contributed by atoms with Crippen LogP contribution in [0.3, 0.4) is 0 Å². The topological polar surface area (TPSA) is 58.9 Å². The maximum atomic E-state index is 11.9. The molecule has 86 valence electrons. The summed E-state index contributed by atoms with van der Waals surface area (Å²) in [4.78, 5) is 14.9. The van der Waals surface area contributed by atoms with E-state index in [4.69, 9.17) is 5.73 Å². The summed E-state index contributed by atoms with van der Waals surface area (Å²) >= 11 is 0. The lowest BCUT2D eigenvalue weighted by Gasteiger charge is -2.25. The molecule has 0 bridgehead atoms. The normalized spacial score (nSPS) is 22.9. The second-order valence-electron chi connectivity index (χ2n) is 5.07. The van der Waals surface area contributed by atoms with Gasteiger partial charge in [-0.1, -0.05) is 0 Å². The average molecular weight is 218 g/mol. The molecule has 0 amide bonds. The number of aromatic nitrogens is 1. The van der Waals surface area contributed by atoms with Crippen LogP contribution in [0.4, 0.5) is 0 Å². The van der Waals surface area contributed by atoms with Gasteiger partial charge >= 0.3 is 0 Å². The van der Waals surface area contributed by atoms with Gasteiger partial charge in [0, 0.05) is 11.3 Å². The Balaban J connectivity index is 2.12. The van der Waals surface area contributed by atoms with Crippen LogP contribution in [0.2, 0.25) is 0 Å². The molecule has 1 unspecified atom stereocenters. The Morgan fingerprint density at radius 1 is 1.19 bits per heavy atom. The highest BCUT2D eigenvalue weighted by atomic mass is 16.1. The fraction of sp³-hybridized carbons (Fsp3) is 0.615. The second kappa shape index (κ2) is 3.74. The van der Waals surface area contributed by atoms with Crippen LogP contribution >= 0.6 is 0 Å². The average Bonchev–Trinajstić information content (AvgIpc) is 2.78. The summed E-state index contributed by atoms with van der Waals surface area (Å²) in [5.41, 5.74) is 11.0. The summed E-state index contributed by atoms with van der Waals surface area (Å²) in [5, 5.41) is 0. The largest absolute Gasteiger partial charge is 0.330 e. The molecule has 3 nitrogen and oxygen atoms in total. The van der Waals surface area contributed by atoms with Crippen molar-refractivity contribution in [3.63, 3.8) is 0 Å². The lowest BCUT2D eigenvalue weighted by Crippen LogP contribution is -2.27. The summed E-state index contributed by atoms with van der Waals surface area (Å²) < 4.78 is 0. The third kappa shape index (κ3) is 1.42. The molecular weight excluding hydrogens is 200 g/mol. The van der Waals surface area contributed by atoms with E-state index >= 15 is 0 Å². The molecule has 0 saturated carbocycles. The third-order valence-corrected chi connectivity index (χ3v) is 4.11. The molecule has 0 saturated heterocycles. The van der Waals surface area contributed by atoms with Crippen molar-refractivity contribution >= 4 is 0 Å². The first kappa shape index (κ1) is 10.1. The number of hydrogen-bond acceptors (Lipinski definition) is 2. The Kier molecular flexibility index (Phi) is 2.36. The van der Waals surface area contributed by atoms with Gasteiger partial charge in [0.05, 0.1) is 0 Å². The zero-order valence-electron chi connectivity index (χ0n) is 9.51. The van der Waals surface area contributed by atoms with Gasteiger partial charge in [0.1, 0.15) is 0 Å². The summed E-state index contributed by atoms with van der Waals surface area (Å²) in [6, 6.07) is 0. The van der Waals surface area contributed by atoms with E-state index in [2.05, 4.69) is 4.98 Å². The molecule has 1 aromatic heterocycles. The van der Waals surface area contributed by atoms with E-state index in [9.17, 15) is 4.79 Å². The van der Waals surface area contributed by atoms with Gasteiger partial charge in [0.15, 0.2) is 0 Å². The van der Waals surface area contributed by atoms with Gasteiger partial charge < -0.3 is 10.7 Å². The van der Waals surface area contributed by atoms with Crippen molar-refractivity contribution < 1.29 is 0 Å². The van der Waals surface area contributed by atoms with Crippen LogP contribution in [0.5, 0.6) is 0 Å². The zero-order chi connectivity index (χ0) is 11.1. The highest BCUT2D eigenvalue weighted by molar-refractivity contribution is 5.41. The lowest BCUT2D eigenvalue weighted by molar-refractivity contribution is 0.460. The molecule has 0 radical (unpaired) electrons. The van der Waals surface area contributed by atoms with Gasteiger partial charge in [0.2, 0.25) is 0 Å². The third-order valence-electron chi connectivity index (χ3n) is 4.11. The Morgan fingerprint density at radius 3 is 2.81 bits per heavy atom. The second-order valence-corrected chi connectivity index (χ2v) is 5.07. The number of hydrogen-bond donors (Lipinski definition) is 2. The summed E-state index contributed by atoms with van der Waals surface area (Å²) in [6.45, 7) is 0.771. The number of aromatic amines is 1. The minimum atomic E-state index is 0.164. The Morgan fingerprint density at radius 2 is 2.00 bits per heavy atom. The van der Waals surface area contributed by atoms with E-state index in [-0.39, 0.29) is 5.56 Å². The molecule has 1 aromatic rings. The molecule has 0 aliphatic heterocycles. The van der Waals surface area contributed by atoms with E-state index in [1.807, 2.05) is 0 Å². The van der Waals surface area contributed by atoms with Gasteiger partial charge in [-0.05, 0) is 62.1 Å². The SMILES string of the molecule is NCC1CCc2[nH]c(=O)c3c(c2C1)CCC3. The highest BCUT2D eigenvalue weighted by Gasteiger charge is 2.26. The van der Waals surface area contributed by atoms with Gasteiger partial charge in [0.25, 0.3) is 5.56 Å². The van der Waals surface area contributed by atoms with E-state index in [0.29, 0.717) is 5.92 Å². The molecule has 2 aliphatic rings. The predicted molar refractivity (Wildman–Crippen MR) is 63.7 cm³/mol. The Bertz CT molecular complexity index is 476. The number of H-pyrrole nitrogens is 1. The molecule has 0 aromatic carbocycles. The van der Waals surface area contributed by atoms with Crippen molar-refractivity contribution in [1.29, 1.82) is 0 Å². The van der Waals surface area contributed by atoms with Crippen LogP contribution in [0.15, 0.2) is 4.79 Å². The number of fused-ring (bicyclic) bond motifs is 3. The number of pyridine rings is 1. The number of aryl methyl sites for hydroxylation is 1. The first-order valence-electron chi connectivity index (χ1n) is 6.25. The molecule has 1 heterocycles. The minimum Gasteiger partial charge on any atom is -0.330 e. The Hall–Kier alpha value is -1.09. The first-order valence-corrected chi connectivity index (χ1v) is 6.25. The molecule has 3 rings (SSSR count). The zero-order valence-corrected chi connectivity index (χ0v) is 9.51. The van der Waals surface area contributed by atoms with Crippen LogP contribution in [-0.2, 0) is 25.7 Å². The number of nitrogens with two attached hydrogens (primary N) is 1. The molecule has 16 heavy (non-hydrogen) atoms. The quantitative estimate of drug-likeness (QED) is 0.736. The molecule has 0 fully saturated rings. The van der Waals surface area contributed by atoms with Crippen molar-refractivity contribution in [2.75, 3.05) is 6.54 Å². The van der Waals surface area contributed by atoms with E-state index < -0.39 is 0 Å². The molecule has 2 aliphatic carbocycles. The predicted octanol–water partition coefficient (Wildman–Crippen LogP) is 0.927. The van der Waals surface area contributed by atoms with E-state index in [1.165, 1.54) is 16.8 Å². The van der Waals surface area contributed by atoms with Gasteiger partial charge in [-0.3, -0.25) is 4.79 Å². The highest BCUT2D eigenvalue weighted by Crippen LogP contribution is 2.30. The van der Waals surface area contributed by atoms with Crippen molar-refractivity contribution in [3.05, 3.63) is 32.7 Å². The molecular formula is C13H18N2O. The molecule has 1 atom stereocenters. The summed E-state index contributed by atoms with van der Waals surface area (Å²) in [7, 11) is 0. The minimum absolute atomic E-state index is 0.164. The van der Waals surface area contributed by atoms with Crippen molar-refractivity contribution in [2.45, 2.75) is 38.5 Å². The summed E-state index contributed by atoms with van der Waals surface area (Å²) in [5.74, 6) is 0.614. The van der Waals surface area contributed by atoms with Crippen molar-refractivity contribution in [1.82, 2.24) is 4.98 Å². The lowest BCUT2D eigenvalue weighted by atomic mass is 9.83. The fourth-order valence-electron chi connectivity index (χ4n) is 3.20. The van der Waals surface area contributed by atoms with Crippen LogP contribution in [0.1, 0.15) is 35.2 Å². The van der Waals surface area contributed by atoms with Crippen molar-refractivity contribution in [2.24, 2.45) is 11.7 Å². The van der Waals surface area contributed by atoms with E-state index in [1.54, 1.807) is 0 Å². The van der Waals surface area contributed by atoms with Crippen LogP contribution < -0.4 is 11.3 Å². The standard InChI is InChI=1S/C13H18N2O/c14-7-8-4-5-12-11(6-8)9-2-1-3-10(9)13(16)15-12/h8H,1-7,14H2,(H,15,16). The van der Waals surface area contributed by atoms with Gasteiger partial charge in [-0.25, -0.2) is 0 Å². The summed E-state index contributed by atoms with van der Waals surface area (Å²) in [6.07, 6.45) is 6.40. The fourth-order valence-corrected chi connectivity index (χ4v) is 3.20. The van der Waals surface area contributed by atoms with Gasteiger partial charge in [-0.15, -0.1) is 0 Å². The number of rotatable bonds is 1. The first-order chi connectivity index (χ1) is 7.79. The maximum Gasteiger partial charge on any atom is 0.251 e. The van der Waals surface area contributed by atoms with Crippen molar-refractivity contribution in [3.8, 4) is 0 Å². The van der Waals surface area contributed by atoms with Crippen LogP contribution in [0, 0.1) is 5.92 Å². The smallest absolute Gasteiger partial charge is 0.251 e. The maximum absolute atomic E-state index is 11.9. The molecule has 0 spiro atoms.